The number of nitrogens with zero attached hydrogens (tertiary/aromatic N) is 1. The lowest BCUT2D eigenvalue weighted by Gasteiger charge is -2.25. The van der Waals surface area contributed by atoms with E-state index in [-0.39, 0.29) is 17.7 Å². The molecule has 0 atom stereocenters. The Labute approximate surface area is 112 Å². The third-order valence-electron chi connectivity index (χ3n) is 2.70. The minimum absolute atomic E-state index is 0.0983. The Morgan fingerprint density at radius 2 is 2.00 bits per heavy atom. The van der Waals surface area contributed by atoms with Gasteiger partial charge in [0.1, 0.15) is 4.90 Å². The Morgan fingerprint density at radius 3 is 2.42 bits per heavy atom. The molecule has 108 valence electrons. The van der Waals surface area contributed by atoms with Gasteiger partial charge >= 0.3 is 5.97 Å². The van der Waals surface area contributed by atoms with Gasteiger partial charge in [0, 0.05) is 12.0 Å². The summed E-state index contributed by atoms with van der Waals surface area (Å²) in [5.41, 5.74) is 0.00553. The number of hydrogen-bond acceptors (Lipinski definition) is 4. The zero-order valence-electron chi connectivity index (χ0n) is 11.4. The third kappa shape index (κ3) is 4.03. The normalized spacial score (nSPS) is 12.6. The van der Waals surface area contributed by atoms with E-state index in [1.807, 2.05) is 0 Å². The number of aryl methyl sites for hydroxylation is 2. The molecule has 0 saturated heterocycles. The minimum Gasteiger partial charge on any atom is -0.481 e. The van der Waals surface area contributed by atoms with Gasteiger partial charge in [-0.2, -0.15) is 5.10 Å². The molecule has 1 aromatic heterocycles. The first kappa shape index (κ1) is 15.6. The Morgan fingerprint density at radius 1 is 1.42 bits per heavy atom. The van der Waals surface area contributed by atoms with Crippen molar-refractivity contribution in [1.29, 1.82) is 0 Å². The molecule has 0 aliphatic rings. The van der Waals surface area contributed by atoms with E-state index in [1.165, 1.54) is 0 Å². The molecule has 0 fully saturated rings. The lowest BCUT2D eigenvalue weighted by atomic mass is 10.0. The summed E-state index contributed by atoms with van der Waals surface area (Å²) >= 11 is 0. The van der Waals surface area contributed by atoms with Gasteiger partial charge in [-0.05, 0) is 34.1 Å². The lowest BCUT2D eigenvalue weighted by molar-refractivity contribution is -0.137. The maximum Gasteiger partial charge on any atom is 0.303 e. The van der Waals surface area contributed by atoms with E-state index >= 15 is 0 Å². The van der Waals surface area contributed by atoms with Crippen LogP contribution in [0.5, 0.6) is 0 Å². The van der Waals surface area contributed by atoms with E-state index in [9.17, 15) is 13.2 Å². The molecule has 0 aliphatic carbocycles. The van der Waals surface area contributed by atoms with Crippen LogP contribution in [-0.2, 0) is 14.8 Å². The number of carbonyl (C=O) groups is 1. The van der Waals surface area contributed by atoms with Gasteiger partial charge < -0.3 is 5.11 Å². The van der Waals surface area contributed by atoms with Crippen LogP contribution in [0, 0.1) is 13.8 Å². The maximum atomic E-state index is 12.3. The second-order valence-corrected chi connectivity index (χ2v) is 6.77. The van der Waals surface area contributed by atoms with Crippen LogP contribution in [0.2, 0.25) is 0 Å². The van der Waals surface area contributed by atoms with E-state index in [2.05, 4.69) is 14.9 Å². The van der Waals surface area contributed by atoms with Crippen LogP contribution >= 0.6 is 0 Å². The highest BCUT2D eigenvalue weighted by molar-refractivity contribution is 7.89. The molecule has 7 nitrogen and oxygen atoms in total. The Bertz CT molecular complexity index is 555. The van der Waals surface area contributed by atoms with Crippen LogP contribution in [0.1, 0.15) is 38.1 Å². The summed E-state index contributed by atoms with van der Waals surface area (Å²) in [4.78, 5) is 10.7. The number of carboxylic acids is 1. The van der Waals surface area contributed by atoms with Crippen LogP contribution in [0.4, 0.5) is 0 Å². The molecule has 0 radical (unpaired) electrons. The van der Waals surface area contributed by atoms with Gasteiger partial charge in [0.15, 0.2) is 0 Å². The number of aromatic nitrogens is 2. The zero-order chi connectivity index (χ0) is 14.8. The minimum atomic E-state index is -3.72. The lowest BCUT2D eigenvalue weighted by Crippen LogP contribution is -2.43. The largest absolute Gasteiger partial charge is 0.481 e. The molecule has 0 saturated carbocycles. The Hall–Kier alpha value is -1.41. The average molecular weight is 289 g/mol. The number of nitrogens with one attached hydrogen (secondary N) is 2. The van der Waals surface area contributed by atoms with E-state index in [0.717, 1.165) is 0 Å². The molecule has 0 aromatic carbocycles. The molecule has 8 heteroatoms. The number of aromatic amines is 1. The number of rotatable bonds is 6. The van der Waals surface area contributed by atoms with Crippen molar-refractivity contribution in [3.05, 3.63) is 11.4 Å². The molecular weight excluding hydrogens is 270 g/mol. The van der Waals surface area contributed by atoms with Crippen molar-refractivity contribution in [1.82, 2.24) is 14.9 Å². The van der Waals surface area contributed by atoms with Crippen LogP contribution in [0.25, 0.3) is 0 Å². The quantitative estimate of drug-likeness (QED) is 0.721. The third-order valence-corrected chi connectivity index (χ3v) is 4.66. The molecule has 0 unspecified atom stereocenters. The smallest absolute Gasteiger partial charge is 0.303 e. The van der Waals surface area contributed by atoms with Gasteiger partial charge in [0.2, 0.25) is 10.0 Å². The molecular formula is C11H19N3O4S. The number of carboxylic acid groups (broad SMARTS) is 1. The maximum absolute atomic E-state index is 12.3. The summed E-state index contributed by atoms with van der Waals surface area (Å²) in [6.45, 7) is 6.53. The first-order valence-electron chi connectivity index (χ1n) is 5.82. The highest BCUT2D eigenvalue weighted by Crippen LogP contribution is 2.21. The highest BCUT2D eigenvalue weighted by atomic mass is 32.2. The van der Waals surface area contributed by atoms with Gasteiger partial charge in [-0.15, -0.1) is 0 Å². The Balaban J connectivity index is 2.94. The van der Waals surface area contributed by atoms with Crippen LogP contribution in [0.15, 0.2) is 4.90 Å². The summed E-state index contributed by atoms with van der Waals surface area (Å²) in [6.07, 6.45) is 0.108. The molecule has 3 N–H and O–H groups in total. The summed E-state index contributed by atoms with van der Waals surface area (Å²) in [5, 5.41) is 15.1. The van der Waals surface area contributed by atoms with Gasteiger partial charge in [-0.1, -0.05) is 0 Å². The zero-order valence-corrected chi connectivity index (χ0v) is 12.3. The SMILES string of the molecule is Cc1n[nH]c(C)c1S(=O)(=O)NC(C)(C)CCC(=O)O. The van der Waals surface area contributed by atoms with E-state index in [4.69, 9.17) is 5.11 Å². The number of H-pyrrole nitrogens is 1. The molecule has 19 heavy (non-hydrogen) atoms. The van der Waals surface area contributed by atoms with Crippen molar-refractivity contribution in [2.45, 2.75) is 51.0 Å². The topological polar surface area (TPSA) is 112 Å². The van der Waals surface area contributed by atoms with Crippen molar-refractivity contribution in [2.24, 2.45) is 0 Å². The first-order valence-corrected chi connectivity index (χ1v) is 7.31. The first-order chi connectivity index (χ1) is 8.55. The summed E-state index contributed by atoms with van der Waals surface area (Å²) in [6, 6.07) is 0. The Kier molecular flexibility index (Phi) is 4.36. The van der Waals surface area contributed by atoms with Crippen molar-refractivity contribution in [3.8, 4) is 0 Å². The molecule has 0 bridgehead atoms. The number of sulfonamides is 1. The van der Waals surface area contributed by atoms with Crippen LogP contribution in [-0.4, -0.2) is 35.2 Å². The summed E-state index contributed by atoms with van der Waals surface area (Å²) in [5.74, 6) is -0.956. The second-order valence-electron chi connectivity index (χ2n) is 5.15. The molecule has 1 heterocycles. The number of hydrogen-bond donors (Lipinski definition) is 3. The van der Waals surface area contributed by atoms with Crippen molar-refractivity contribution >= 4 is 16.0 Å². The fraction of sp³-hybridized carbons (Fsp3) is 0.636. The van der Waals surface area contributed by atoms with Gasteiger partial charge in [-0.25, -0.2) is 13.1 Å². The molecule has 0 amide bonds. The van der Waals surface area contributed by atoms with Crippen molar-refractivity contribution in [2.75, 3.05) is 0 Å². The second kappa shape index (κ2) is 5.30. The fourth-order valence-electron chi connectivity index (χ4n) is 1.82. The molecule has 0 spiro atoms. The van der Waals surface area contributed by atoms with Gasteiger partial charge in [-0.3, -0.25) is 9.89 Å². The molecule has 1 rings (SSSR count). The predicted molar refractivity (Wildman–Crippen MR) is 69.3 cm³/mol. The van der Waals surface area contributed by atoms with E-state index in [0.29, 0.717) is 11.4 Å². The standard InChI is InChI=1S/C11H19N3O4S/c1-7-10(8(2)13-12-7)19(17,18)14-11(3,4)6-5-9(15)16/h14H,5-6H2,1-4H3,(H,12,13)(H,15,16). The molecule has 0 aliphatic heterocycles. The van der Waals surface area contributed by atoms with Crippen molar-refractivity contribution < 1.29 is 18.3 Å². The van der Waals surface area contributed by atoms with Crippen molar-refractivity contribution in [3.63, 3.8) is 0 Å². The number of aliphatic carboxylic acids is 1. The van der Waals surface area contributed by atoms with Gasteiger partial charge in [0.05, 0.1) is 11.4 Å². The summed E-state index contributed by atoms with van der Waals surface area (Å²) in [7, 11) is -3.72. The highest BCUT2D eigenvalue weighted by Gasteiger charge is 2.30. The van der Waals surface area contributed by atoms with Gasteiger partial charge in [0.25, 0.3) is 0 Å². The monoisotopic (exact) mass is 289 g/mol. The summed E-state index contributed by atoms with van der Waals surface area (Å²) < 4.78 is 27.1. The van der Waals surface area contributed by atoms with E-state index in [1.54, 1.807) is 27.7 Å². The average Bonchev–Trinajstić information content (AvgIpc) is 2.54. The fourth-order valence-corrected chi connectivity index (χ4v) is 3.64. The predicted octanol–water partition coefficient (Wildman–Crippen LogP) is 0.948. The molecule has 1 aromatic rings. The van der Waals surface area contributed by atoms with Crippen LogP contribution < -0.4 is 4.72 Å². The van der Waals surface area contributed by atoms with Crippen LogP contribution in [0.3, 0.4) is 0 Å². The van der Waals surface area contributed by atoms with E-state index < -0.39 is 21.5 Å².